The quantitative estimate of drug-likeness (QED) is 0.146. The summed E-state index contributed by atoms with van der Waals surface area (Å²) < 4.78 is 39.5. The molecular weight excluding hydrogens is 702 g/mol. The van der Waals surface area contributed by atoms with Crippen LogP contribution < -0.4 is 4.90 Å². The molecule has 0 bridgehead atoms. The second-order valence-corrected chi connectivity index (χ2v) is 14.2. The molecule has 9 nitrogen and oxygen atoms in total. The number of carbonyl (C=O) groups excluding carboxylic acids is 3. The fourth-order valence-corrected chi connectivity index (χ4v) is 6.87. The Balaban J connectivity index is 1.40. The maximum Gasteiger partial charge on any atom is 0.416 e. The molecule has 3 aromatic carbocycles. The summed E-state index contributed by atoms with van der Waals surface area (Å²) in [6, 6.07) is 21.1. The van der Waals surface area contributed by atoms with Crippen LogP contribution in [0.4, 0.5) is 18.9 Å². The molecule has 0 saturated carbocycles. The van der Waals surface area contributed by atoms with Crippen LogP contribution in [0, 0.1) is 0 Å². The Morgan fingerprint density at radius 3 is 2.15 bits per heavy atom. The lowest BCUT2D eigenvalue weighted by molar-refractivity contribution is -0.143. The molecule has 3 amide bonds. The third-order valence-corrected chi connectivity index (χ3v) is 10.1. The summed E-state index contributed by atoms with van der Waals surface area (Å²) in [7, 11) is 3.70. The second-order valence-electron chi connectivity index (χ2n) is 13.2. The molecule has 1 aliphatic heterocycles. The van der Waals surface area contributed by atoms with Crippen molar-refractivity contribution in [1.82, 2.24) is 24.6 Å². The summed E-state index contributed by atoms with van der Waals surface area (Å²) in [6.07, 6.45) is 0.343. The first kappa shape index (κ1) is 39.2. The van der Waals surface area contributed by atoms with Gasteiger partial charge < -0.3 is 19.6 Å². The summed E-state index contributed by atoms with van der Waals surface area (Å²) in [5.41, 5.74) is 2.33. The number of carbonyl (C=O) groups is 3. The normalized spacial score (nSPS) is 14.1. The lowest BCUT2D eigenvalue weighted by Gasteiger charge is -2.36. The second kappa shape index (κ2) is 18.2. The maximum absolute atomic E-state index is 14.4. The van der Waals surface area contributed by atoms with E-state index in [-0.39, 0.29) is 24.8 Å². The van der Waals surface area contributed by atoms with E-state index < -0.39 is 23.7 Å². The van der Waals surface area contributed by atoms with Crippen molar-refractivity contribution >= 4 is 40.8 Å². The highest BCUT2D eigenvalue weighted by Crippen LogP contribution is 2.29. The number of halogens is 3. The average Bonchev–Trinajstić information content (AvgIpc) is 3.67. The summed E-state index contributed by atoms with van der Waals surface area (Å²) in [5.74, 6) is -0.615. The minimum atomic E-state index is -4.47. The van der Waals surface area contributed by atoms with Gasteiger partial charge in [-0.3, -0.25) is 19.3 Å². The molecule has 0 unspecified atom stereocenters. The number of aromatic nitrogens is 1. The number of nitrogens with zero attached hydrogens (tertiary/aromatic N) is 6. The molecule has 1 aliphatic rings. The Hall–Kier alpha value is -5.01. The van der Waals surface area contributed by atoms with E-state index in [0.717, 1.165) is 34.0 Å². The van der Waals surface area contributed by atoms with E-state index in [0.29, 0.717) is 51.4 Å². The van der Waals surface area contributed by atoms with Gasteiger partial charge in [-0.1, -0.05) is 54.6 Å². The van der Waals surface area contributed by atoms with Crippen LogP contribution in [-0.2, 0) is 40.1 Å². The number of thiazole rings is 1. The summed E-state index contributed by atoms with van der Waals surface area (Å²) >= 11 is 1.57. The van der Waals surface area contributed by atoms with Gasteiger partial charge in [-0.2, -0.15) is 13.2 Å². The SMILES string of the molecule is CC(=O)N1CCN(c2ccc(CN(C(=O)C=Cc3ccc(C(F)(F)F)cc3)[C@@H](Cc3ccccc3)C(=O)N(C)CCN(C)Cc3nccs3)cc2)CC1. The van der Waals surface area contributed by atoms with E-state index in [1.807, 2.05) is 71.9 Å². The lowest BCUT2D eigenvalue weighted by atomic mass is 10.0. The highest BCUT2D eigenvalue weighted by molar-refractivity contribution is 7.09. The largest absolute Gasteiger partial charge is 0.416 e. The molecule has 13 heteroatoms. The minimum Gasteiger partial charge on any atom is -0.368 e. The van der Waals surface area contributed by atoms with E-state index in [2.05, 4.69) is 14.8 Å². The smallest absolute Gasteiger partial charge is 0.368 e. The average molecular weight is 747 g/mol. The summed E-state index contributed by atoms with van der Waals surface area (Å²) in [5, 5.41) is 2.90. The molecule has 1 atom stereocenters. The van der Waals surface area contributed by atoms with E-state index in [9.17, 15) is 27.6 Å². The minimum absolute atomic E-state index is 0.0603. The van der Waals surface area contributed by atoms with E-state index in [1.54, 1.807) is 41.3 Å². The van der Waals surface area contributed by atoms with Crippen molar-refractivity contribution in [3.05, 3.63) is 124 Å². The molecule has 2 heterocycles. The number of amides is 3. The molecule has 0 radical (unpaired) electrons. The molecule has 1 fully saturated rings. The molecule has 0 aliphatic carbocycles. The van der Waals surface area contributed by atoms with Gasteiger partial charge in [0.1, 0.15) is 11.0 Å². The number of piperazine rings is 1. The standard InChI is InChI=1S/C40H45F3N6O3S/c1-30(50)47-22-24-48(25-23-47)35-16-11-33(12-17-35)28-49(38(51)18-13-31-9-14-34(15-10-31)40(41,42)43)36(27-32-7-5-4-6-8-32)39(52)46(3)21-20-45(2)29-37-44-19-26-53-37/h4-19,26,36H,20-25,27-29H2,1-3H3/t36-/m0/s1. The Morgan fingerprint density at radius 1 is 0.868 bits per heavy atom. The van der Waals surface area contributed by atoms with E-state index >= 15 is 0 Å². The van der Waals surface area contributed by atoms with Crippen LogP contribution in [0.5, 0.6) is 0 Å². The first-order valence-corrected chi connectivity index (χ1v) is 18.4. The maximum atomic E-state index is 14.4. The van der Waals surface area contributed by atoms with Crippen LogP contribution >= 0.6 is 11.3 Å². The summed E-state index contributed by atoms with van der Waals surface area (Å²) in [4.78, 5) is 54.1. The predicted octanol–water partition coefficient (Wildman–Crippen LogP) is 6.07. The zero-order valence-corrected chi connectivity index (χ0v) is 31.0. The van der Waals surface area contributed by atoms with Crippen molar-refractivity contribution in [2.75, 3.05) is 58.3 Å². The first-order valence-electron chi connectivity index (χ1n) is 17.5. The Kier molecular flexibility index (Phi) is 13.4. The van der Waals surface area contributed by atoms with Crippen molar-refractivity contribution < 1.29 is 27.6 Å². The van der Waals surface area contributed by atoms with E-state index in [1.165, 1.54) is 24.3 Å². The van der Waals surface area contributed by atoms with Gasteiger partial charge in [0.2, 0.25) is 17.7 Å². The third-order valence-electron chi connectivity index (χ3n) is 9.33. The zero-order valence-electron chi connectivity index (χ0n) is 30.2. The van der Waals surface area contributed by atoms with Crippen LogP contribution in [0.1, 0.15) is 34.2 Å². The molecule has 0 N–H and O–H groups in total. The van der Waals surface area contributed by atoms with Crippen molar-refractivity contribution in [2.45, 2.75) is 38.7 Å². The van der Waals surface area contributed by atoms with Crippen molar-refractivity contribution in [1.29, 1.82) is 0 Å². The van der Waals surface area contributed by atoms with Gasteiger partial charge >= 0.3 is 6.18 Å². The first-order chi connectivity index (χ1) is 25.4. The topological polar surface area (TPSA) is 80.3 Å². The Bertz CT molecular complexity index is 1810. The van der Waals surface area contributed by atoms with Gasteiger partial charge in [0, 0.05) is 89.5 Å². The molecule has 53 heavy (non-hydrogen) atoms. The fourth-order valence-electron chi connectivity index (χ4n) is 6.17. The molecule has 0 spiro atoms. The highest BCUT2D eigenvalue weighted by Gasteiger charge is 2.32. The Labute approximate surface area is 312 Å². The lowest BCUT2D eigenvalue weighted by Crippen LogP contribution is -2.51. The fraction of sp³-hybridized carbons (Fsp3) is 0.350. The van der Waals surface area contributed by atoms with Crippen LogP contribution in [0.3, 0.4) is 0 Å². The number of rotatable bonds is 14. The van der Waals surface area contributed by atoms with Gasteiger partial charge in [0.25, 0.3) is 0 Å². The summed E-state index contributed by atoms with van der Waals surface area (Å²) in [6.45, 7) is 6.04. The Morgan fingerprint density at radius 2 is 1.55 bits per heavy atom. The molecule has 1 saturated heterocycles. The molecule has 1 aromatic heterocycles. The molecule has 280 valence electrons. The van der Waals surface area contributed by atoms with Crippen LogP contribution in [-0.4, -0.2) is 102 Å². The third kappa shape index (κ3) is 11.2. The van der Waals surface area contributed by atoms with Gasteiger partial charge in [0.05, 0.1) is 12.1 Å². The van der Waals surface area contributed by atoms with Crippen molar-refractivity contribution in [3.63, 3.8) is 0 Å². The van der Waals surface area contributed by atoms with Crippen molar-refractivity contribution in [3.8, 4) is 0 Å². The number of benzene rings is 3. The van der Waals surface area contributed by atoms with Crippen molar-refractivity contribution in [2.24, 2.45) is 0 Å². The van der Waals surface area contributed by atoms with Gasteiger partial charge in [0.15, 0.2) is 0 Å². The van der Waals surface area contributed by atoms with Gasteiger partial charge in [-0.05, 0) is 54.1 Å². The van der Waals surface area contributed by atoms with Gasteiger partial charge in [-0.25, -0.2) is 4.98 Å². The van der Waals surface area contributed by atoms with E-state index in [4.69, 9.17) is 0 Å². The number of hydrogen-bond donors (Lipinski definition) is 0. The zero-order chi connectivity index (χ0) is 38.0. The van der Waals surface area contributed by atoms with Crippen LogP contribution in [0.2, 0.25) is 0 Å². The number of anilines is 1. The number of hydrogen-bond acceptors (Lipinski definition) is 7. The highest BCUT2D eigenvalue weighted by atomic mass is 32.1. The monoisotopic (exact) mass is 746 g/mol. The predicted molar refractivity (Wildman–Crippen MR) is 202 cm³/mol. The van der Waals surface area contributed by atoms with Crippen LogP contribution in [0.15, 0.2) is 96.5 Å². The molecular formula is C40H45F3N6O3S. The number of likely N-dealkylation sites (N-methyl/N-ethyl adjacent to an activating group) is 2. The number of alkyl halides is 3. The molecule has 5 rings (SSSR count). The van der Waals surface area contributed by atoms with Gasteiger partial charge in [-0.15, -0.1) is 11.3 Å². The van der Waals surface area contributed by atoms with Crippen LogP contribution in [0.25, 0.3) is 6.08 Å². The molecule has 4 aromatic rings.